The summed E-state index contributed by atoms with van der Waals surface area (Å²) in [4.78, 5) is 11.8. The predicted octanol–water partition coefficient (Wildman–Crippen LogP) is 0.951. The molecule has 2 aromatic heterocycles. The molecule has 0 atom stereocenters. The number of fused-ring (bicyclic) bond motifs is 1. The molecule has 1 fully saturated rings. The van der Waals surface area contributed by atoms with Crippen molar-refractivity contribution in [1.29, 1.82) is 0 Å². The van der Waals surface area contributed by atoms with Crippen molar-refractivity contribution in [3.8, 4) is 0 Å². The summed E-state index contributed by atoms with van der Waals surface area (Å²) in [6.07, 6.45) is 1.08. The zero-order chi connectivity index (χ0) is 13.2. The van der Waals surface area contributed by atoms with E-state index in [9.17, 15) is 4.79 Å². The summed E-state index contributed by atoms with van der Waals surface area (Å²) in [7, 11) is 0. The summed E-state index contributed by atoms with van der Waals surface area (Å²) in [5, 5.41) is 7.79. The number of carbonyl (C=O) groups excluding carboxylic acids is 1. The van der Waals surface area contributed by atoms with E-state index in [0.29, 0.717) is 31.0 Å². The Bertz CT molecular complexity index is 604. The van der Waals surface area contributed by atoms with Crippen LogP contribution in [0.15, 0.2) is 18.5 Å². The lowest BCUT2D eigenvalue weighted by molar-refractivity contribution is -0.0481. The van der Waals surface area contributed by atoms with Gasteiger partial charge in [-0.1, -0.05) is 0 Å². The van der Waals surface area contributed by atoms with Crippen molar-refractivity contribution in [3.63, 3.8) is 0 Å². The van der Waals surface area contributed by atoms with Gasteiger partial charge in [0.2, 0.25) is 0 Å². The number of ether oxygens (including phenoxy) is 3. The van der Waals surface area contributed by atoms with Crippen LogP contribution in [-0.2, 0) is 14.2 Å². The molecule has 19 heavy (non-hydrogen) atoms. The molecular weight excluding hydrogens is 250 g/mol. The van der Waals surface area contributed by atoms with E-state index in [1.807, 2.05) is 0 Å². The smallest absolute Gasteiger partial charge is 0.341 e. The Balaban J connectivity index is 2.06. The standard InChI is InChI=1S/C12H13N3O4/c1-2-17-11(16)8-3-4-9(12-18-5-6-19-12)15-7-13-14-10(8)15/h3-4,7,12H,2,5-6H2,1H3. The molecule has 0 aliphatic carbocycles. The second kappa shape index (κ2) is 4.94. The molecule has 0 bridgehead atoms. The van der Waals surface area contributed by atoms with Crippen LogP contribution in [0, 0.1) is 0 Å². The van der Waals surface area contributed by atoms with Crippen LogP contribution in [0.1, 0.15) is 29.3 Å². The van der Waals surface area contributed by atoms with Crippen molar-refractivity contribution in [2.24, 2.45) is 0 Å². The number of esters is 1. The molecule has 3 rings (SSSR count). The third-order valence-electron chi connectivity index (χ3n) is 2.85. The van der Waals surface area contributed by atoms with Crippen LogP contribution >= 0.6 is 0 Å². The van der Waals surface area contributed by atoms with Crippen LogP contribution in [0.3, 0.4) is 0 Å². The lowest BCUT2D eigenvalue weighted by atomic mass is 10.2. The number of rotatable bonds is 3. The summed E-state index contributed by atoms with van der Waals surface area (Å²) in [5.74, 6) is -0.416. The van der Waals surface area contributed by atoms with Crippen LogP contribution in [-0.4, -0.2) is 40.4 Å². The van der Waals surface area contributed by atoms with Crippen molar-refractivity contribution in [2.45, 2.75) is 13.2 Å². The third kappa shape index (κ3) is 2.06. The molecule has 1 saturated heterocycles. The van der Waals surface area contributed by atoms with Gasteiger partial charge >= 0.3 is 5.97 Å². The molecule has 0 aromatic carbocycles. The maximum Gasteiger partial charge on any atom is 0.341 e. The van der Waals surface area contributed by atoms with Crippen LogP contribution in [0.5, 0.6) is 0 Å². The number of hydrogen-bond acceptors (Lipinski definition) is 6. The highest BCUT2D eigenvalue weighted by molar-refractivity contribution is 5.95. The minimum Gasteiger partial charge on any atom is -0.462 e. The molecule has 3 heterocycles. The van der Waals surface area contributed by atoms with Crippen LogP contribution in [0.4, 0.5) is 0 Å². The molecule has 1 aliphatic heterocycles. The highest BCUT2D eigenvalue weighted by Crippen LogP contribution is 2.25. The minimum absolute atomic E-state index is 0.315. The molecule has 7 nitrogen and oxygen atoms in total. The van der Waals surface area contributed by atoms with Crippen LogP contribution < -0.4 is 0 Å². The summed E-state index contributed by atoms with van der Waals surface area (Å²) >= 11 is 0. The van der Waals surface area contributed by atoms with E-state index in [4.69, 9.17) is 14.2 Å². The number of hydrogen-bond donors (Lipinski definition) is 0. The first-order valence-electron chi connectivity index (χ1n) is 6.04. The highest BCUT2D eigenvalue weighted by Gasteiger charge is 2.23. The van der Waals surface area contributed by atoms with E-state index in [1.54, 1.807) is 23.5 Å². The maximum absolute atomic E-state index is 11.8. The molecule has 0 unspecified atom stereocenters. The molecule has 7 heteroatoms. The van der Waals surface area contributed by atoms with E-state index < -0.39 is 12.3 Å². The lowest BCUT2D eigenvalue weighted by Crippen LogP contribution is -2.11. The van der Waals surface area contributed by atoms with Gasteiger partial charge in [-0.05, 0) is 19.1 Å². The summed E-state index contributed by atoms with van der Waals surface area (Å²) in [6, 6.07) is 3.42. The molecule has 0 spiro atoms. The van der Waals surface area contributed by atoms with Gasteiger partial charge in [-0.2, -0.15) is 0 Å². The highest BCUT2D eigenvalue weighted by atomic mass is 16.7. The molecule has 100 valence electrons. The number of nitrogens with zero attached hydrogens (tertiary/aromatic N) is 3. The zero-order valence-electron chi connectivity index (χ0n) is 10.4. The molecule has 0 saturated carbocycles. The Morgan fingerprint density at radius 2 is 2.26 bits per heavy atom. The monoisotopic (exact) mass is 263 g/mol. The molecular formula is C12H13N3O4. The van der Waals surface area contributed by atoms with Gasteiger partial charge in [-0.3, -0.25) is 4.40 Å². The lowest BCUT2D eigenvalue weighted by Gasteiger charge is -2.12. The fourth-order valence-corrected chi connectivity index (χ4v) is 2.02. The van der Waals surface area contributed by atoms with Crippen LogP contribution in [0.2, 0.25) is 0 Å². The predicted molar refractivity (Wildman–Crippen MR) is 63.6 cm³/mol. The van der Waals surface area contributed by atoms with Gasteiger partial charge in [-0.15, -0.1) is 10.2 Å². The summed E-state index contributed by atoms with van der Waals surface area (Å²) in [5.41, 5.74) is 1.57. The molecule has 2 aromatic rings. The van der Waals surface area contributed by atoms with Gasteiger partial charge in [0.15, 0.2) is 11.9 Å². The van der Waals surface area contributed by atoms with Crippen LogP contribution in [0.25, 0.3) is 5.65 Å². The van der Waals surface area contributed by atoms with E-state index in [0.717, 1.165) is 5.69 Å². The number of carbonyl (C=O) groups is 1. The Morgan fingerprint density at radius 1 is 1.47 bits per heavy atom. The summed E-state index contributed by atoms with van der Waals surface area (Å²) in [6.45, 7) is 3.17. The third-order valence-corrected chi connectivity index (χ3v) is 2.85. The summed E-state index contributed by atoms with van der Waals surface area (Å²) < 4.78 is 17.6. The molecule has 1 aliphatic rings. The first-order chi connectivity index (χ1) is 9.31. The fraction of sp³-hybridized carbons (Fsp3) is 0.417. The Hall–Kier alpha value is -1.99. The largest absolute Gasteiger partial charge is 0.462 e. The number of pyridine rings is 1. The van der Waals surface area contributed by atoms with Crippen molar-refractivity contribution in [2.75, 3.05) is 19.8 Å². The van der Waals surface area contributed by atoms with Crippen molar-refractivity contribution in [3.05, 3.63) is 29.7 Å². The fourth-order valence-electron chi connectivity index (χ4n) is 2.02. The Morgan fingerprint density at radius 3 is 3.00 bits per heavy atom. The van der Waals surface area contributed by atoms with Gasteiger partial charge in [-0.25, -0.2) is 4.79 Å². The van der Waals surface area contributed by atoms with Gasteiger partial charge in [0, 0.05) is 0 Å². The molecule has 0 radical (unpaired) electrons. The molecule has 0 amide bonds. The zero-order valence-corrected chi connectivity index (χ0v) is 10.4. The van der Waals surface area contributed by atoms with Crippen molar-refractivity contribution in [1.82, 2.24) is 14.6 Å². The quantitative estimate of drug-likeness (QED) is 0.767. The van der Waals surface area contributed by atoms with E-state index in [1.165, 1.54) is 6.33 Å². The normalized spacial score (nSPS) is 16.1. The first-order valence-corrected chi connectivity index (χ1v) is 6.04. The topological polar surface area (TPSA) is 75.0 Å². The first kappa shape index (κ1) is 12.1. The second-order valence-electron chi connectivity index (χ2n) is 3.99. The van der Waals surface area contributed by atoms with Gasteiger partial charge < -0.3 is 14.2 Å². The number of aromatic nitrogens is 3. The minimum atomic E-state index is -0.449. The SMILES string of the molecule is CCOC(=O)c1ccc(C2OCCO2)n2cnnc12. The van der Waals surface area contributed by atoms with Crippen molar-refractivity contribution < 1.29 is 19.0 Å². The van der Waals surface area contributed by atoms with Gasteiger partial charge in [0.25, 0.3) is 0 Å². The van der Waals surface area contributed by atoms with Crippen molar-refractivity contribution >= 4 is 11.6 Å². The van der Waals surface area contributed by atoms with E-state index in [-0.39, 0.29) is 0 Å². The average molecular weight is 263 g/mol. The molecule has 0 N–H and O–H groups in total. The maximum atomic E-state index is 11.8. The Kier molecular flexibility index (Phi) is 3.14. The second-order valence-corrected chi connectivity index (χ2v) is 3.99. The van der Waals surface area contributed by atoms with E-state index >= 15 is 0 Å². The van der Waals surface area contributed by atoms with Gasteiger partial charge in [0.1, 0.15) is 11.9 Å². The van der Waals surface area contributed by atoms with Gasteiger partial charge in [0.05, 0.1) is 25.5 Å². The Labute approximate surface area is 109 Å². The van der Waals surface area contributed by atoms with E-state index in [2.05, 4.69) is 10.2 Å². The average Bonchev–Trinajstić information content (AvgIpc) is 3.09.